The van der Waals surface area contributed by atoms with Gasteiger partial charge < -0.3 is 4.90 Å². The van der Waals surface area contributed by atoms with Crippen molar-refractivity contribution in [1.29, 1.82) is 0 Å². The summed E-state index contributed by atoms with van der Waals surface area (Å²) in [6.07, 6.45) is 0.933. The molecule has 0 saturated carbocycles. The lowest BCUT2D eigenvalue weighted by Crippen LogP contribution is -2.37. The van der Waals surface area contributed by atoms with Crippen LogP contribution in [0.5, 0.6) is 0 Å². The van der Waals surface area contributed by atoms with Crippen LogP contribution in [0.2, 0.25) is 0 Å². The minimum absolute atomic E-state index is 0.463. The van der Waals surface area contributed by atoms with Crippen molar-refractivity contribution in [3.05, 3.63) is 0 Å². The highest BCUT2D eigenvalue weighted by atomic mass is 19.1. The Labute approximate surface area is 92.1 Å². The van der Waals surface area contributed by atoms with Crippen molar-refractivity contribution < 1.29 is 4.39 Å². The molecule has 69 valence electrons. The van der Waals surface area contributed by atoms with Crippen molar-refractivity contribution >= 4 is 36.7 Å². The fraction of sp³-hybridized carbons (Fsp3) is 1.00. The molecule has 0 atom stereocenters. The fourth-order valence-electron chi connectivity index (χ4n) is 1.08. The van der Waals surface area contributed by atoms with E-state index in [2.05, 4.69) is 4.90 Å². The second-order valence-electron chi connectivity index (χ2n) is 3.99. The lowest BCUT2D eigenvalue weighted by atomic mass is 8.97. The average Bonchev–Trinajstić information content (AvgIpc) is 2.11. The Morgan fingerprint density at radius 2 is 1.71 bits per heavy atom. The molecule has 0 aromatic carbocycles. The third-order valence-corrected chi connectivity index (χ3v) is 2.25. The molecule has 0 aliphatic carbocycles. The Morgan fingerprint density at radius 3 is 1.93 bits per heavy atom. The van der Waals surface area contributed by atoms with E-state index >= 15 is 0 Å². The number of halogens is 1. The number of likely N-dealkylation sites (tertiary alicyclic amines) is 1. The van der Waals surface area contributed by atoms with Gasteiger partial charge in [0.25, 0.3) is 0 Å². The van der Waals surface area contributed by atoms with Gasteiger partial charge in [0.2, 0.25) is 0 Å². The Balaban J connectivity index is 0.000000292. The fourth-order valence-corrected chi connectivity index (χ4v) is 1.08. The standard InChI is InChI=1S/C7H14FN.B5/c1-7(8)3-5-9(2)6-4-7;1-4-5(2)3/h3-6H2,1-2H3;. The molecule has 0 spiro atoms. The molecular weight excluding hydrogens is 171 g/mol. The largest absolute Gasteiger partial charge is 0.306 e. The Hall–Kier alpha value is 0.215. The van der Waals surface area contributed by atoms with Crippen molar-refractivity contribution in [1.82, 2.24) is 4.90 Å². The van der Waals surface area contributed by atoms with E-state index in [1.807, 2.05) is 7.05 Å². The topological polar surface area (TPSA) is 3.24 Å². The van der Waals surface area contributed by atoms with Gasteiger partial charge in [0.15, 0.2) is 0 Å². The second-order valence-corrected chi connectivity index (χ2v) is 3.99. The highest BCUT2D eigenvalue weighted by Gasteiger charge is 2.27. The van der Waals surface area contributed by atoms with E-state index in [9.17, 15) is 4.39 Å². The summed E-state index contributed by atoms with van der Waals surface area (Å²) in [7, 11) is 17.8. The summed E-state index contributed by atoms with van der Waals surface area (Å²) in [5, 5.41) is 0. The maximum atomic E-state index is 13.0. The minimum Gasteiger partial charge on any atom is -0.306 e. The molecule has 1 aliphatic rings. The molecular formula is C7H14B5FN. The SMILES string of the molecule is CN1CCC(C)(F)CC1.[B][B]B([B])[B]. The molecule has 7 radical (unpaired) electrons. The predicted octanol–water partition coefficient (Wildman–Crippen LogP) is -0.464. The van der Waals surface area contributed by atoms with E-state index in [4.69, 9.17) is 23.2 Å². The van der Waals surface area contributed by atoms with Crippen molar-refractivity contribution in [2.24, 2.45) is 0 Å². The van der Waals surface area contributed by atoms with Gasteiger partial charge in [0.05, 0.1) is 0 Å². The Kier molecular flexibility index (Phi) is 6.76. The van der Waals surface area contributed by atoms with Crippen LogP contribution in [0.3, 0.4) is 0 Å². The second kappa shape index (κ2) is 6.65. The van der Waals surface area contributed by atoms with Crippen LogP contribution in [0.15, 0.2) is 0 Å². The van der Waals surface area contributed by atoms with Crippen molar-refractivity contribution in [3.8, 4) is 0 Å². The Morgan fingerprint density at radius 1 is 1.36 bits per heavy atom. The molecule has 0 N–H and O–H groups in total. The molecule has 7 heteroatoms. The molecule has 14 heavy (non-hydrogen) atoms. The summed E-state index contributed by atoms with van der Waals surface area (Å²) in [6, 6.07) is 0. The zero-order valence-corrected chi connectivity index (χ0v) is 9.04. The Bertz CT molecular complexity index is 145. The zero-order chi connectivity index (χ0) is 11.2. The molecule has 1 nitrogen and oxygen atoms in total. The van der Waals surface area contributed by atoms with Crippen LogP contribution in [0.4, 0.5) is 4.39 Å². The maximum absolute atomic E-state index is 13.0. The van der Waals surface area contributed by atoms with E-state index < -0.39 is 12.1 Å². The molecule has 1 heterocycles. The number of hydrogen-bond acceptors (Lipinski definition) is 1. The highest BCUT2D eigenvalue weighted by Crippen LogP contribution is 2.24. The normalized spacial score (nSPS) is 20.5. The van der Waals surface area contributed by atoms with Crippen LogP contribution in [0.1, 0.15) is 19.8 Å². The molecule has 1 saturated heterocycles. The van der Waals surface area contributed by atoms with Crippen molar-refractivity contribution in [2.45, 2.75) is 25.4 Å². The van der Waals surface area contributed by atoms with E-state index in [0.29, 0.717) is 12.8 Å². The van der Waals surface area contributed by atoms with Crippen LogP contribution < -0.4 is 0 Å². The van der Waals surface area contributed by atoms with Gasteiger partial charge >= 0.3 is 0 Å². The first-order valence-corrected chi connectivity index (χ1v) is 4.81. The summed E-state index contributed by atoms with van der Waals surface area (Å²) >= 11 is 0. The van der Waals surface area contributed by atoms with Gasteiger partial charge in [-0.3, -0.25) is 0 Å². The lowest BCUT2D eigenvalue weighted by Gasteiger charge is -2.31. The lowest BCUT2D eigenvalue weighted by molar-refractivity contribution is 0.0870. The summed E-state index contributed by atoms with van der Waals surface area (Å²) in [6.45, 7) is 3.51. The molecule has 0 unspecified atom stereocenters. The van der Waals surface area contributed by atoms with Gasteiger partial charge in [0.1, 0.15) is 5.67 Å². The van der Waals surface area contributed by atoms with Crippen LogP contribution in [0, 0.1) is 0 Å². The number of piperidine rings is 1. The molecule has 0 aromatic heterocycles. The monoisotopic (exact) mass is 186 g/mol. The van der Waals surface area contributed by atoms with Gasteiger partial charge in [-0.1, -0.05) is 0 Å². The number of alkyl halides is 1. The first kappa shape index (κ1) is 14.2. The first-order valence-electron chi connectivity index (χ1n) is 4.81. The zero-order valence-electron chi connectivity index (χ0n) is 9.04. The average molecular weight is 185 g/mol. The quantitative estimate of drug-likeness (QED) is 0.500. The maximum Gasteiger partial charge on any atom is 0.110 e. The van der Waals surface area contributed by atoms with Gasteiger partial charge in [0, 0.05) is 49.7 Å². The molecule has 0 aromatic rings. The molecule has 0 bridgehead atoms. The van der Waals surface area contributed by atoms with Crippen molar-refractivity contribution in [3.63, 3.8) is 0 Å². The van der Waals surface area contributed by atoms with Crippen LogP contribution in [-0.4, -0.2) is 67.4 Å². The van der Waals surface area contributed by atoms with Crippen LogP contribution in [0.25, 0.3) is 0 Å². The first-order chi connectivity index (χ1) is 6.37. The molecule has 1 rings (SSSR count). The highest BCUT2D eigenvalue weighted by molar-refractivity contribution is 7.60. The van der Waals surface area contributed by atoms with Gasteiger partial charge in [-0.05, 0) is 26.8 Å². The molecule has 0 amide bonds. The van der Waals surface area contributed by atoms with E-state index in [1.165, 1.54) is 7.06 Å². The minimum atomic E-state index is -0.882. The van der Waals surface area contributed by atoms with E-state index in [-0.39, 0.29) is 0 Å². The van der Waals surface area contributed by atoms with Crippen molar-refractivity contribution in [2.75, 3.05) is 20.1 Å². The van der Waals surface area contributed by atoms with Gasteiger partial charge in [-0.2, -0.15) is 0 Å². The van der Waals surface area contributed by atoms with E-state index in [1.54, 1.807) is 6.92 Å². The number of hydrogen-bond donors (Lipinski definition) is 0. The third kappa shape index (κ3) is 7.60. The molecule has 1 fully saturated rings. The number of rotatable bonds is 1. The van der Waals surface area contributed by atoms with E-state index in [0.717, 1.165) is 13.1 Å². The van der Waals surface area contributed by atoms with Gasteiger partial charge in [-0.15, -0.1) is 0 Å². The van der Waals surface area contributed by atoms with Crippen LogP contribution in [-0.2, 0) is 0 Å². The summed E-state index contributed by atoms with van der Waals surface area (Å²) in [5.74, 6) is 0. The predicted molar refractivity (Wildman–Crippen MR) is 65.0 cm³/mol. The summed E-state index contributed by atoms with van der Waals surface area (Å²) in [5.41, 5.74) is -0.882. The van der Waals surface area contributed by atoms with Gasteiger partial charge in [-0.25, -0.2) is 4.39 Å². The molecule has 1 aliphatic heterocycles. The summed E-state index contributed by atoms with van der Waals surface area (Å²) < 4.78 is 13.0. The number of nitrogens with zero attached hydrogens (tertiary/aromatic N) is 1. The third-order valence-electron chi connectivity index (χ3n) is 2.25. The summed E-state index contributed by atoms with van der Waals surface area (Å²) in [4.78, 5) is 2.17. The van der Waals surface area contributed by atoms with Crippen LogP contribution >= 0.6 is 0 Å². The smallest absolute Gasteiger partial charge is 0.110 e.